The maximum absolute atomic E-state index is 13.4. The smallest absolute Gasteiger partial charge is 0.309 e. The molecule has 0 bridgehead atoms. The van der Waals surface area contributed by atoms with Crippen LogP contribution in [-0.2, 0) is 25.7 Å². The minimum Gasteiger partial charge on any atom is -0.481 e. The maximum Gasteiger partial charge on any atom is 0.309 e. The third-order valence-electron chi connectivity index (χ3n) is 6.92. The van der Waals surface area contributed by atoms with E-state index in [9.17, 15) is 24.4 Å². The van der Waals surface area contributed by atoms with Crippen LogP contribution in [0.5, 0.6) is 0 Å². The molecule has 0 atom stereocenters. The average Bonchev–Trinajstić information content (AvgIpc) is 3.17. The van der Waals surface area contributed by atoms with Crippen LogP contribution < -0.4 is 10.5 Å². The molecule has 1 aromatic heterocycles. The number of nitrogens with zero attached hydrogens (tertiary/aromatic N) is 4. The lowest BCUT2D eigenvalue weighted by molar-refractivity contribution is -0.148. The summed E-state index contributed by atoms with van der Waals surface area (Å²) in [7, 11) is 0. The second kappa shape index (κ2) is 13.8. The number of piperidine rings is 1. The number of pyridine rings is 1. The molecule has 0 radical (unpaired) electrons. The summed E-state index contributed by atoms with van der Waals surface area (Å²) in [4.78, 5) is 53.7. The van der Waals surface area contributed by atoms with E-state index in [0.29, 0.717) is 65.3 Å². The normalized spacial score (nSPS) is 17.1. The lowest BCUT2D eigenvalue weighted by Crippen LogP contribution is -2.41. The summed E-state index contributed by atoms with van der Waals surface area (Å²) in [5.41, 5.74) is 0.737. The Morgan fingerprint density at radius 1 is 1.21 bits per heavy atom. The fraction of sp³-hybridized carbons (Fsp3) is 0.556. The number of carboxylic acids is 1. The molecule has 0 spiro atoms. The van der Waals surface area contributed by atoms with Gasteiger partial charge < -0.3 is 14.7 Å². The Labute approximate surface area is 237 Å². The van der Waals surface area contributed by atoms with Crippen LogP contribution in [0.2, 0.25) is 0 Å². The molecule has 3 rings (SSSR count). The Kier molecular flexibility index (Phi) is 10.7. The van der Waals surface area contributed by atoms with Crippen molar-refractivity contribution < 1.29 is 24.2 Å². The zero-order valence-corrected chi connectivity index (χ0v) is 24.2. The van der Waals surface area contributed by atoms with Crippen molar-refractivity contribution in [2.75, 3.05) is 31.1 Å². The third kappa shape index (κ3) is 6.89. The Morgan fingerprint density at radius 3 is 2.49 bits per heavy atom. The summed E-state index contributed by atoms with van der Waals surface area (Å²) < 4.78 is 7.17. The molecule has 12 heteroatoms. The highest BCUT2D eigenvalue weighted by molar-refractivity contribution is 8.26. The van der Waals surface area contributed by atoms with E-state index in [1.165, 1.54) is 4.90 Å². The summed E-state index contributed by atoms with van der Waals surface area (Å²) >= 11 is 6.53. The first-order valence-electron chi connectivity index (χ1n) is 13.2. The molecule has 2 fully saturated rings. The van der Waals surface area contributed by atoms with Crippen molar-refractivity contribution in [1.82, 2.24) is 9.47 Å². The van der Waals surface area contributed by atoms with Gasteiger partial charge in [-0.3, -0.25) is 28.6 Å². The number of rotatable bonds is 11. The van der Waals surface area contributed by atoms with Gasteiger partial charge in [-0.2, -0.15) is 5.26 Å². The molecule has 0 unspecified atom stereocenters. The Hall–Kier alpha value is -3.17. The maximum atomic E-state index is 13.4. The van der Waals surface area contributed by atoms with Crippen LogP contribution in [0.25, 0.3) is 6.08 Å². The number of esters is 1. The van der Waals surface area contributed by atoms with Crippen molar-refractivity contribution in [2.45, 2.75) is 65.8 Å². The summed E-state index contributed by atoms with van der Waals surface area (Å²) in [5, 5.41) is 18.8. The van der Waals surface area contributed by atoms with Crippen molar-refractivity contribution in [1.29, 1.82) is 5.26 Å². The highest BCUT2D eigenvalue weighted by Crippen LogP contribution is 2.37. The number of hydrogen-bond donors (Lipinski definition) is 1. The summed E-state index contributed by atoms with van der Waals surface area (Å²) in [5.74, 6) is -1.08. The van der Waals surface area contributed by atoms with E-state index in [1.54, 1.807) is 24.5 Å². The molecule has 1 aromatic rings. The monoisotopic (exact) mass is 574 g/mol. The topological polar surface area (TPSA) is 133 Å². The Morgan fingerprint density at radius 2 is 1.90 bits per heavy atom. The van der Waals surface area contributed by atoms with Gasteiger partial charge in [0, 0.05) is 38.2 Å². The number of ether oxygens (including phenoxy) is 1. The molecule has 0 aromatic carbocycles. The number of carboxylic acid groups (broad SMARTS) is 1. The van der Waals surface area contributed by atoms with Gasteiger partial charge in [-0.25, -0.2) is 0 Å². The zero-order valence-electron chi connectivity index (χ0n) is 22.5. The Bertz CT molecular complexity index is 1270. The molecule has 2 aliphatic rings. The first-order chi connectivity index (χ1) is 18.6. The molecule has 1 amide bonds. The van der Waals surface area contributed by atoms with Gasteiger partial charge in [0.2, 0.25) is 0 Å². The summed E-state index contributed by atoms with van der Waals surface area (Å²) in [6, 6.07) is 2.05. The molecule has 39 heavy (non-hydrogen) atoms. The number of thioether (sulfide) groups is 1. The van der Waals surface area contributed by atoms with Crippen LogP contribution in [0.15, 0.2) is 9.70 Å². The third-order valence-corrected chi connectivity index (χ3v) is 8.30. The number of nitriles is 1. The van der Waals surface area contributed by atoms with E-state index in [4.69, 9.17) is 22.1 Å². The van der Waals surface area contributed by atoms with Crippen LogP contribution in [0, 0.1) is 24.2 Å². The highest BCUT2D eigenvalue weighted by atomic mass is 32.2. The molecule has 0 saturated carbocycles. The average molecular weight is 575 g/mol. The lowest BCUT2D eigenvalue weighted by atomic mass is 9.95. The lowest BCUT2D eigenvalue weighted by Gasteiger charge is -2.35. The van der Waals surface area contributed by atoms with Gasteiger partial charge >= 0.3 is 11.9 Å². The zero-order chi connectivity index (χ0) is 28.7. The molecule has 0 aliphatic carbocycles. The van der Waals surface area contributed by atoms with Crippen molar-refractivity contribution >= 4 is 58.0 Å². The van der Waals surface area contributed by atoms with Gasteiger partial charge in [0.25, 0.3) is 11.5 Å². The van der Waals surface area contributed by atoms with Gasteiger partial charge in [0.15, 0.2) is 0 Å². The molecule has 10 nitrogen and oxygen atoms in total. The molecule has 2 aliphatic heterocycles. The van der Waals surface area contributed by atoms with Crippen molar-refractivity contribution in [2.24, 2.45) is 5.92 Å². The quantitative estimate of drug-likeness (QED) is 0.237. The van der Waals surface area contributed by atoms with Crippen molar-refractivity contribution in [3.05, 3.63) is 31.9 Å². The molecule has 2 saturated heterocycles. The van der Waals surface area contributed by atoms with E-state index in [1.807, 2.05) is 6.92 Å². The SMILES string of the molecule is CCCCn1c(N2CCC(C(=O)OCC)CC2)c(/C=C2/SC(=S)N(CCCC(=O)O)C2=O)c(C)c(C#N)c1=O. The number of unbranched alkanes of at least 4 members (excludes halogenated alkanes) is 1. The van der Waals surface area contributed by atoms with E-state index < -0.39 is 5.97 Å². The van der Waals surface area contributed by atoms with Crippen LogP contribution in [0.4, 0.5) is 5.82 Å². The van der Waals surface area contributed by atoms with Crippen LogP contribution in [0.1, 0.15) is 69.1 Å². The van der Waals surface area contributed by atoms with E-state index in [-0.39, 0.29) is 48.3 Å². The highest BCUT2D eigenvalue weighted by Gasteiger charge is 2.34. The van der Waals surface area contributed by atoms with Gasteiger partial charge in [0.05, 0.1) is 17.4 Å². The number of hydrogen-bond acceptors (Lipinski definition) is 9. The van der Waals surface area contributed by atoms with Crippen LogP contribution >= 0.6 is 24.0 Å². The number of anilines is 1. The second-order valence-electron chi connectivity index (χ2n) is 9.50. The largest absolute Gasteiger partial charge is 0.481 e. The Balaban J connectivity index is 2.07. The number of carbonyl (C=O) groups is 3. The van der Waals surface area contributed by atoms with E-state index >= 15 is 0 Å². The van der Waals surface area contributed by atoms with Crippen molar-refractivity contribution in [3.63, 3.8) is 0 Å². The minimum atomic E-state index is -0.943. The van der Waals surface area contributed by atoms with Gasteiger partial charge in [-0.15, -0.1) is 0 Å². The minimum absolute atomic E-state index is 0.0273. The fourth-order valence-electron chi connectivity index (χ4n) is 4.81. The fourth-order valence-corrected chi connectivity index (χ4v) is 6.10. The first-order valence-corrected chi connectivity index (χ1v) is 14.4. The first kappa shape index (κ1) is 30.4. The van der Waals surface area contributed by atoms with Gasteiger partial charge in [-0.1, -0.05) is 37.3 Å². The standard InChI is InChI=1S/C27H34N4O6S2/c1-4-6-11-30-23(29-13-9-18(10-14-29)26(36)37-5-2)19(17(3)20(16-28)24(30)34)15-21-25(35)31(27(38)39-21)12-7-8-22(32)33/h15,18H,4-14H2,1-3H3,(H,32,33)/b21-15+. The number of thiocarbonyl (C=S) groups is 1. The molecule has 3 heterocycles. The van der Waals surface area contributed by atoms with E-state index in [2.05, 4.69) is 11.0 Å². The number of aromatic nitrogens is 1. The van der Waals surface area contributed by atoms with Crippen LogP contribution in [-0.4, -0.2) is 63.0 Å². The van der Waals surface area contributed by atoms with Crippen molar-refractivity contribution in [3.8, 4) is 6.07 Å². The predicted molar refractivity (Wildman–Crippen MR) is 153 cm³/mol. The predicted octanol–water partition coefficient (Wildman–Crippen LogP) is 3.67. The molecular formula is C27H34N4O6S2. The number of aliphatic carboxylic acids is 1. The van der Waals surface area contributed by atoms with Gasteiger partial charge in [-0.05, 0) is 51.2 Å². The number of carbonyl (C=O) groups excluding carboxylic acids is 2. The van der Waals surface area contributed by atoms with Crippen LogP contribution in [0.3, 0.4) is 0 Å². The number of amides is 1. The molecular weight excluding hydrogens is 540 g/mol. The summed E-state index contributed by atoms with van der Waals surface area (Å²) in [6.07, 6.45) is 4.59. The summed E-state index contributed by atoms with van der Waals surface area (Å²) in [6.45, 7) is 7.46. The van der Waals surface area contributed by atoms with Gasteiger partial charge in [0.1, 0.15) is 21.8 Å². The van der Waals surface area contributed by atoms with E-state index in [0.717, 1.165) is 24.6 Å². The molecule has 210 valence electrons. The second-order valence-corrected chi connectivity index (χ2v) is 11.2. The molecule has 1 N–H and O–H groups in total.